The molecule has 1 amide bonds. The molecule has 0 bridgehead atoms. The van der Waals surface area contributed by atoms with Crippen molar-refractivity contribution in [1.82, 2.24) is 24.8 Å². The molecule has 11 nitrogen and oxygen atoms in total. The van der Waals surface area contributed by atoms with Crippen molar-refractivity contribution in [2.45, 2.75) is 30.8 Å². The van der Waals surface area contributed by atoms with Crippen molar-refractivity contribution in [3.63, 3.8) is 0 Å². The predicted molar refractivity (Wildman–Crippen MR) is 124 cm³/mol. The molecule has 4 rings (SSSR count). The van der Waals surface area contributed by atoms with Crippen molar-refractivity contribution in [2.24, 2.45) is 0 Å². The third-order valence-corrected chi connectivity index (χ3v) is 5.70. The van der Waals surface area contributed by atoms with Crippen LogP contribution in [0.4, 0.5) is 26.3 Å². The van der Waals surface area contributed by atoms with Gasteiger partial charge >= 0.3 is 24.3 Å². The quantitative estimate of drug-likeness (QED) is 0.518. The summed E-state index contributed by atoms with van der Waals surface area (Å²) >= 11 is 0. The number of carbonyl (C=O) groups is 3. The standard InChI is InChI=1S/C19H23N5O2.2C2HF3O2/c1-23(2)16(25)10-24-7-5-19(12-24)13-26-11-15-9-21-18(22-17(15)19)14-4-3-6-20-8-14;2*3-2(4,5)1(6)7/h3-4,6,8-9H,5,7,10-13H2,1-2H3;2*(H,6,7). The lowest BCUT2D eigenvalue weighted by molar-refractivity contribution is -0.193. The summed E-state index contributed by atoms with van der Waals surface area (Å²) in [6.45, 7) is 3.26. The van der Waals surface area contributed by atoms with Gasteiger partial charge < -0.3 is 19.8 Å². The summed E-state index contributed by atoms with van der Waals surface area (Å²) in [5, 5.41) is 14.2. The molecule has 220 valence electrons. The highest BCUT2D eigenvalue weighted by Crippen LogP contribution is 2.39. The van der Waals surface area contributed by atoms with Gasteiger partial charge in [-0.15, -0.1) is 0 Å². The molecule has 40 heavy (non-hydrogen) atoms. The third-order valence-electron chi connectivity index (χ3n) is 5.70. The first-order chi connectivity index (χ1) is 18.5. The Hall–Kier alpha value is -3.86. The van der Waals surface area contributed by atoms with Crippen LogP contribution in [0.1, 0.15) is 17.7 Å². The molecular formula is C23H25F6N5O6. The number of likely N-dealkylation sites (tertiary alicyclic amines) is 1. The Morgan fingerprint density at radius 1 is 1.07 bits per heavy atom. The summed E-state index contributed by atoms with van der Waals surface area (Å²) in [6.07, 6.45) is -3.83. The lowest BCUT2D eigenvalue weighted by Gasteiger charge is -2.34. The van der Waals surface area contributed by atoms with Crippen molar-refractivity contribution in [1.29, 1.82) is 0 Å². The van der Waals surface area contributed by atoms with Crippen molar-refractivity contribution in [3.8, 4) is 11.4 Å². The predicted octanol–water partition coefficient (Wildman–Crippen LogP) is 2.37. The van der Waals surface area contributed by atoms with E-state index in [0.717, 1.165) is 36.3 Å². The Morgan fingerprint density at radius 2 is 1.68 bits per heavy atom. The molecule has 1 atom stereocenters. The van der Waals surface area contributed by atoms with E-state index >= 15 is 0 Å². The van der Waals surface area contributed by atoms with E-state index in [1.165, 1.54) is 0 Å². The molecule has 4 heterocycles. The van der Waals surface area contributed by atoms with E-state index in [0.29, 0.717) is 25.6 Å². The van der Waals surface area contributed by atoms with Gasteiger partial charge in [0.1, 0.15) is 0 Å². The molecule has 2 aliphatic heterocycles. The molecule has 17 heteroatoms. The molecule has 0 aromatic carbocycles. The van der Waals surface area contributed by atoms with E-state index in [1.807, 2.05) is 18.3 Å². The number of carbonyl (C=O) groups excluding carboxylic acids is 1. The Labute approximate surface area is 223 Å². The summed E-state index contributed by atoms with van der Waals surface area (Å²) < 4.78 is 69.3. The molecular weight excluding hydrogens is 556 g/mol. The van der Waals surface area contributed by atoms with Crippen LogP contribution in [0.15, 0.2) is 30.7 Å². The Morgan fingerprint density at radius 3 is 2.17 bits per heavy atom. The highest BCUT2D eigenvalue weighted by atomic mass is 19.4. The fourth-order valence-electron chi connectivity index (χ4n) is 3.77. The van der Waals surface area contributed by atoms with Gasteiger partial charge in [-0.2, -0.15) is 26.3 Å². The van der Waals surface area contributed by atoms with Crippen LogP contribution in [0.5, 0.6) is 0 Å². The summed E-state index contributed by atoms with van der Waals surface area (Å²) in [5.41, 5.74) is 2.86. The highest BCUT2D eigenvalue weighted by molar-refractivity contribution is 5.77. The van der Waals surface area contributed by atoms with E-state index < -0.39 is 24.3 Å². The maximum Gasteiger partial charge on any atom is 0.490 e. The van der Waals surface area contributed by atoms with Gasteiger partial charge in [0.25, 0.3) is 0 Å². The van der Waals surface area contributed by atoms with Gasteiger partial charge in [0.05, 0.1) is 30.9 Å². The fourth-order valence-corrected chi connectivity index (χ4v) is 3.77. The van der Waals surface area contributed by atoms with Gasteiger partial charge in [0, 0.05) is 50.4 Å². The molecule has 2 aromatic rings. The van der Waals surface area contributed by atoms with Crippen LogP contribution >= 0.6 is 0 Å². The molecule has 1 spiro atoms. The normalized spacial score (nSPS) is 18.5. The first kappa shape index (κ1) is 32.4. The largest absolute Gasteiger partial charge is 0.490 e. The number of carboxylic acid groups (broad SMARTS) is 2. The Balaban J connectivity index is 0.000000333. The Kier molecular flexibility index (Phi) is 10.5. The van der Waals surface area contributed by atoms with E-state index in [1.54, 1.807) is 31.4 Å². The zero-order valence-corrected chi connectivity index (χ0v) is 21.2. The zero-order valence-electron chi connectivity index (χ0n) is 21.2. The average Bonchev–Trinajstić information content (AvgIpc) is 3.27. The number of pyridine rings is 1. The zero-order chi connectivity index (χ0) is 30.3. The second kappa shape index (κ2) is 13.0. The number of likely N-dealkylation sites (N-methyl/N-ethyl adjacent to an activating group) is 1. The van der Waals surface area contributed by atoms with Crippen LogP contribution in [0.2, 0.25) is 0 Å². The number of carboxylic acids is 2. The molecule has 1 fully saturated rings. The number of rotatable bonds is 3. The summed E-state index contributed by atoms with van der Waals surface area (Å²) in [7, 11) is 3.58. The van der Waals surface area contributed by atoms with Gasteiger partial charge in [0.2, 0.25) is 5.91 Å². The topological polar surface area (TPSA) is 146 Å². The number of nitrogens with zero attached hydrogens (tertiary/aromatic N) is 5. The maximum atomic E-state index is 12.1. The number of ether oxygens (including phenoxy) is 1. The summed E-state index contributed by atoms with van der Waals surface area (Å²) in [4.78, 5) is 47.3. The van der Waals surface area contributed by atoms with Gasteiger partial charge in [-0.3, -0.25) is 14.7 Å². The van der Waals surface area contributed by atoms with Crippen LogP contribution in [0.3, 0.4) is 0 Å². The number of amides is 1. The second-order valence-electron chi connectivity index (χ2n) is 8.94. The summed E-state index contributed by atoms with van der Waals surface area (Å²) in [6, 6.07) is 3.86. The lowest BCUT2D eigenvalue weighted by atomic mass is 9.80. The minimum absolute atomic E-state index is 0.123. The van der Waals surface area contributed by atoms with Gasteiger partial charge in [-0.05, 0) is 25.1 Å². The summed E-state index contributed by atoms with van der Waals surface area (Å²) in [5.74, 6) is -4.70. The van der Waals surface area contributed by atoms with Crippen molar-refractivity contribution >= 4 is 17.8 Å². The van der Waals surface area contributed by atoms with E-state index in [2.05, 4.69) is 14.9 Å². The van der Waals surface area contributed by atoms with Crippen molar-refractivity contribution in [2.75, 3.05) is 40.3 Å². The molecule has 1 saturated heterocycles. The minimum atomic E-state index is -5.08. The third kappa shape index (κ3) is 8.84. The molecule has 2 aliphatic rings. The first-order valence-corrected chi connectivity index (χ1v) is 11.3. The number of alkyl halides is 6. The number of fused-ring (bicyclic) bond motifs is 2. The van der Waals surface area contributed by atoms with E-state index in [4.69, 9.17) is 29.5 Å². The maximum absolute atomic E-state index is 12.1. The number of aromatic nitrogens is 3. The average molecular weight is 581 g/mol. The highest BCUT2D eigenvalue weighted by Gasteiger charge is 2.45. The van der Waals surface area contributed by atoms with Crippen molar-refractivity contribution < 1.29 is 55.7 Å². The molecule has 0 saturated carbocycles. The van der Waals surface area contributed by atoms with Gasteiger partial charge in [0.15, 0.2) is 5.82 Å². The first-order valence-electron chi connectivity index (χ1n) is 11.3. The SMILES string of the molecule is CN(C)C(=O)CN1CCC2(COCc3cnc(-c4cccnc4)nc32)C1.O=C(O)C(F)(F)F.O=C(O)C(F)(F)F. The van der Waals surface area contributed by atoms with E-state index in [9.17, 15) is 31.1 Å². The van der Waals surface area contributed by atoms with E-state index in [-0.39, 0.29) is 11.3 Å². The van der Waals surface area contributed by atoms with Crippen LogP contribution in [0, 0.1) is 0 Å². The van der Waals surface area contributed by atoms with Crippen LogP contribution in [-0.2, 0) is 31.1 Å². The van der Waals surface area contributed by atoms with Crippen LogP contribution in [-0.4, -0.2) is 105 Å². The van der Waals surface area contributed by atoms with Crippen LogP contribution < -0.4 is 0 Å². The molecule has 0 aliphatic carbocycles. The number of aliphatic carboxylic acids is 2. The Bertz CT molecular complexity index is 1170. The van der Waals surface area contributed by atoms with Gasteiger partial charge in [-0.1, -0.05) is 0 Å². The molecule has 1 unspecified atom stereocenters. The van der Waals surface area contributed by atoms with Crippen molar-refractivity contribution in [3.05, 3.63) is 42.0 Å². The smallest absolute Gasteiger partial charge is 0.475 e. The molecule has 2 aromatic heterocycles. The fraction of sp³-hybridized carbons (Fsp3) is 0.478. The number of halogens is 6. The monoisotopic (exact) mass is 581 g/mol. The minimum Gasteiger partial charge on any atom is -0.475 e. The molecule has 2 N–H and O–H groups in total. The number of hydrogen-bond acceptors (Lipinski definition) is 8. The molecule has 0 radical (unpaired) electrons. The van der Waals surface area contributed by atoms with Crippen LogP contribution in [0.25, 0.3) is 11.4 Å². The second-order valence-corrected chi connectivity index (χ2v) is 8.94. The number of hydrogen-bond donors (Lipinski definition) is 2. The van der Waals surface area contributed by atoms with Gasteiger partial charge in [-0.25, -0.2) is 19.6 Å². The lowest BCUT2D eigenvalue weighted by Crippen LogP contribution is -2.42.